The average molecular weight is 510 g/mol. The summed E-state index contributed by atoms with van der Waals surface area (Å²) in [5, 5.41) is 0.0470. The number of esters is 1. The number of methoxy groups -OCH3 is 1. The van der Waals surface area contributed by atoms with Crippen LogP contribution in [0.25, 0.3) is 0 Å². The van der Waals surface area contributed by atoms with Crippen LogP contribution in [0.3, 0.4) is 0 Å². The number of ether oxygens (including phenoxy) is 2. The molecule has 178 valence electrons. The summed E-state index contributed by atoms with van der Waals surface area (Å²) in [5.41, 5.74) is 0.957. The van der Waals surface area contributed by atoms with Crippen LogP contribution in [0.4, 0.5) is 5.69 Å². The number of carbonyl (C=O) groups excluding carboxylic acids is 4. The number of ketones is 1. The molecular formula is C26H20ClNO6S. The van der Waals surface area contributed by atoms with E-state index < -0.39 is 17.8 Å². The summed E-state index contributed by atoms with van der Waals surface area (Å²) in [7, 11) is 1.53. The van der Waals surface area contributed by atoms with Crippen molar-refractivity contribution in [2.75, 3.05) is 18.6 Å². The Balaban J connectivity index is 1.36. The zero-order valence-electron chi connectivity index (χ0n) is 18.6. The van der Waals surface area contributed by atoms with E-state index in [1.54, 1.807) is 48.5 Å². The molecule has 2 amide bonds. The molecule has 0 bridgehead atoms. The number of nitrogens with zero attached hydrogens (tertiary/aromatic N) is 1. The molecule has 1 atom stereocenters. The fraction of sp³-hybridized carbons (Fsp3) is 0.154. The number of hydrogen-bond donors (Lipinski definition) is 0. The number of rotatable bonds is 8. The van der Waals surface area contributed by atoms with Crippen molar-refractivity contribution in [3.63, 3.8) is 0 Å². The highest BCUT2D eigenvalue weighted by atomic mass is 35.5. The van der Waals surface area contributed by atoms with E-state index >= 15 is 0 Å². The number of benzene rings is 3. The van der Waals surface area contributed by atoms with Crippen molar-refractivity contribution in [3.05, 3.63) is 88.9 Å². The molecule has 35 heavy (non-hydrogen) atoms. The molecule has 1 heterocycles. The number of imide groups is 1. The van der Waals surface area contributed by atoms with Crippen molar-refractivity contribution in [3.8, 4) is 5.75 Å². The van der Waals surface area contributed by atoms with Crippen LogP contribution in [0.2, 0.25) is 5.02 Å². The summed E-state index contributed by atoms with van der Waals surface area (Å²) in [5.74, 6) is -1.07. The van der Waals surface area contributed by atoms with Crippen molar-refractivity contribution in [2.45, 2.75) is 16.6 Å². The SMILES string of the molecule is COc1ccc(C(=O)COC(=O)c2ccc(N3C(=O)CC(Sc4ccc(Cl)cc4)C3=O)cc2)cc1. The van der Waals surface area contributed by atoms with Gasteiger partial charge >= 0.3 is 5.97 Å². The van der Waals surface area contributed by atoms with E-state index in [4.69, 9.17) is 21.1 Å². The van der Waals surface area contributed by atoms with Gasteiger partial charge in [-0.2, -0.15) is 0 Å². The Hall–Kier alpha value is -3.62. The minimum absolute atomic E-state index is 0.0728. The van der Waals surface area contributed by atoms with Gasteiger partial charge in [0.2, 0.25) is 11.8 Å². The van der Waals surface area contributed by atoms with Gasteiger partial charge in [-0.1, -0.05) is 11.6 Å². The molecule has 9 heteroatoms. The summed E-state index contributed by atoms with van der Waals surface area (Å²) in [6.07, 6.45) is 0.0728. The number of hydrogen-bond acceptors (Lipinski definition) is 7. The second kappa shape index (κ2) is 10.8. The van der Waals surface area contributed by atoms with Gasteiger partial charge in [-0.05, 0) is 72.8 Å². The number of amides is 2. The molecule has 0 aromatic heterocycles. The minimum Gasteiger partial charge on any atom is -0.497 e. The Morgan fingerprint density at radius 3 is 2.20 bits per heavy atom. The van der Waals surface area contributed by atoms with E-state index in [-0.39, 0.29) is 29.6 Å². The standard InChI is InChI=1S/C26H20ClNO6S/c1-33-20-10-4-16(5-11-20)22(29)15-34-26(32)17-2-8-19(9-3-17)28-24(30)14-23(25(28)31)35-21-12-6-18(27)7-13-21/h2-13,23H,14-15H2,1H3. The maximum Gasteiger partial charge on any atom is 0.338 e. The van der Waals surface area contributed by atoms with Gasteiger partial charge in [-0.25, -0.2) is 9.69 Å². The van der Waals surface area contributed by atoms with Crippen molar-refractivity contribution >= 4 is 52.6 Å². The van der Waals surface area contributed by atoms with E-state index in [1.807, 2.05) is 0 Å². The minimum atomic E-state index is -0.686. The molecular weight excluding hydrogens is 490 g/mol. The monoisotopic (exact) mass is 509 g/mol. The molecule has 0 aliphatic carbocycles. The molecule has 0 spiro atoms. The number of halogens is 1. The lowest BCUT2D eigenvalue weighted by Crippen LogP contribution is -2.31. The fourth-order valence-electron chi connectivity index (χ4n) is 3.47. The highest BCUT2D eigenvalue weighted by molar-refractivity contribution is 8.00. The highest BCUT2D eigenvalue weighted by Gasteiger charge is 2.40. The first kappa shape index (κ1) is 24.5. The van der Waals surface area contributed by atoms with Crippen molar-refractivity contribution in [2.24, 2.45) is 0 Å². The summed E-state index contributed by atoms with van der Waals surface area (Å²) >= 11 is 7.20. The van der Waals surface area contributed by atoms with Crippen LogP contribution in [0.5, 0.6) is 5.75 Å². The van der Waals surface area contributed by atoms with Crippen LogP contribution in [0.1, 0.15) is 27.1 Å². The number of thioether (sulfide) groups is 1. The van der Waals surface area contributed by atoms with Gasteiger partial charge in [0.1, 0.15) is 5.75 Å². The summed E-state index contributed by atoms with van der Waals surface area (Å²) < 4.78 is 10.2. The van der Waals surface area contributed by atoms with E-state index in [2.05, 4.69) is 0 Å². The Morgan fingerprint density at radius 1 is 0.943 bits per heavy atom. The van der Waals surface area contributed by atoms with Gasteiger partial charge in [0.05, 0.1) is 23.6 Å². The lowest BCUT2D eigenvalue weighted by atomic mass is 10.1. The second-order valence-corrected chi connectivity index (χ2v) is 9.32. The highest BCUT2D eigenvalue weighted by Crippen LogP contribution is 2.34. The van der Waals surface area contributed by atoms with Crippen molar-refractivity contribution < 1.29 is 28.7 Å². The predicted molar refractivity (Wildman–Crippen MR) is 132 cm³/mol. The molecule has 4 rings (SSSR count). The van der Waals surface area contributed by atoms with E-state index in [9.17, 15) is 19.2 Å². The summed E-state index contributed by atoms with van der Waals surface area (Å²) in [6, 6.07) is 19.4. The van der Waals surface area contributed by atoms with Crippen LogP contribution in [0.15, 0.2) is 77.7 Å². The van der Waals surface area contributed by atoms with Gasteiger partial charge in [0.15, 0.2) is 12.4 Å². The smallest absolute Gasteiger partial charge is 0.338 e. The van der Waals surface area contributed by atoms with Gasteiger partial charge < -0.3 is 9.47 Å². The van der Waals surface area contributed by atoms with E-state index in [0.717, 1.165) is 9.80 Å². The third-order valence-electron chi connectivity index (χ3n) is 5.30. The first-order valence-corrected chi connectivity index (χ1v) is 11.8. The zero-order chi connectivity index (χ0) is 24.9. The van der Waals surface area contributed by atoms with E-state index in [1.165, 1.54) is 43.1 Å². The van der Waals surface area contributed by atoms with Crippen LogP contribution >= 0.6 is 23.4 Å². The molecule has 3 aromatic carbocycles. The Bertz CT molecular complexity index is 1260. The Morgan fingerprint density at radius 2 is 1.57 bits per heavy atom. The van der Waals surface area contributed by atoms with Gasteiger partial charge in [0, 0.05) is 21.9 Å². The summed E-state index contributed by atoms with van der Waals surface area (Å²) in [4.78, 5) is 52.0. The number of anilines is 1. The normalized spacial score (nSPS) is 15.3. The zero-order valence-corrected chi connectivity index (χ0v) is 20.2. The Labute approximate surface area is 211 Å². The molecule has 7 nitrogen and oxygen atoms in total. The lowest BCUT2D eigenvalue weighted by molar-refractivity contribution is -0.121. The van der Waals surface area contributed by atoms with Crippen molar-refractivity contribution in [1.82, 2.24) is 0 Å². The molecule has 0 radical (unpaired) electrons. The summed E-state index contributed by atoms with van der Waals surface area (Å²) in [6.45, 7) is -0.417. The second-order valence-electron chi connectivity index (χ2n) is 7.61. The first-order valence-electron chi connectivity index (χ1n) is 10.6. The predicted octanol–water partition coefficient (Wildman–Crippen LogP) is 4.81. The van der Waals surface area contributed by atoms with Gasteiger partial charge in [0.25, 0.3) is 0 Å². The molecule has 1 aliphatic heterocycles. The molecule has 1 saturated heterocycles. The Kier molecular flexibility index (Phi) is 7.53. The topological polar surface area (TPSA) is 90.0 Å². The fourth-order valence-corrected chi connectivity index (χ4v) is 4.65. The van der Waals surface area contributed by atoms with Crippen LogP contribution < -0.4 is 9.64 Å². The van der Waals surface area contributed by atoms with Crippen molar-refractivity contribution in [1.29, 1.82) is 0 Å². The molecule has 1 fully saturated rings. The number of Topliss-reactive ketones (excluding diaryl/α,β-unsaturated/α-hetero) is 1. The molecule has 1 unspecified atom stereocenters. The third kappa shape index (κ3) is 5.72. The van der Waals surface area contributed by atoms with Crippen LogP contribution in [0, 0.1) is 0 Å². The first-order chi connectivity index (χ1) is 16.9. The maximum absolute atomic E-state index is 12.9. The van der Waals surface area contributed by atoms with E-state index in [0.29, 0.717) is 22.0 Å². The third-order valence-corrected chi connectivity index (χ3v) is 6.75. The molecule has 0 saturated carbocycles. The quantitative estimate of drug-likeness (QED) is 0.244. The lowest BCUT2D eigenvalue weighted by Gasteiger charge is -2.15. The molecule has 3 aromatic rings. The van der Waals surface area contributed by atoms with Crippen LogP contribution in [-0.4, -0.2) is 42.5 Å². The molecule has 0 N–H and O–H groups in total. The number of carbonyl (C=O) groups is 4. The molecule has 1 aliphatic rings. The maximum atomic E-state index is 12.9. The largest absolute Gasteiger partial charge is 0.497 e. The average Bonchev–Trinajstić information content (AvgIpc) is 3.16. The van der Waals surface area contributed by atoms with Crippen LogP contribution in [-0.2, 0) is 14.3 Å². The van der Waals surface area contributed by atoms with Gasteiger partial charge in [-0.15, -0.1) is 11.8 Å². The van der Waals surface area contributed by atoms with Gasteiger partial charge in [-0.3, -0.25) is 14.4 Å².